The summed E-state index contributed by atoms with van der Waals surface area (Å²) >= 11 is 5.78. The van der Waals surface area contributed by atoms with Crippen molar-refractivity contribution in [2.45, 2.75) is 6.92 Å². The first-order valence-corrected chi connectivity index (χ1v) is 7.47. The summed E-state index contributed by atoms with van der Waals surface area (Å²) in [7, 11) is 0. The first-order chi connectivity index (χ1) is 11.1. The van der Waals surface area contributed by atoms with Gasteiger partial charge in [0, 0.05) is 10.7 Å². The minimum absolute atomic E-state index is 0.247. The lowest BCUT2D eigenvalue weighted by atomic mass is 10.2. The quantitative estimate of drug-likeness (QED) is 0.837. The molecule has 2 aromatic rings. The number of carbonyl (C=O) groups excluding carboxylic acids is 1. The van der Waals surface area contributed by atoms with E-state index in [-0.39, 0.29) is 19.2 Å². The summed E-state index contributed by atoms with van der Waals surface area (Å²) in [6, 6.07) is 14.3. The first-order valence-electron chi connectivity index (χ1n) is 7.10. The monoisotopic (exact) mass is 328 g/mol. The number of ether oxygens (including phenoxy) is 1. The zero-order chi connectivity index (χ0) is 16.5. The Bertz CT molecular complexity index is 718. The highest BCUT2D eigenvalue weighted by Crippen LogP contribution is 2.15. The molecule has 118 valence electrons. The molecule has 0 unspecified atom stereocenters. The fourth-order valence-corrected chi connectivity index (χ4v) is 1.90. The molecule has 2 aromatic carbocycles. The average molecular weight is 329 g/mol. The molecule has 0 bridgehead atoms. The molecular formula is C18H17ClN2O2. The number of anilines is 1. The van der Waals surface area contributed by atoms with Gasteiger partial charge in [-0.1, -0.05) is 41.6 Å². The number of hydrogen-bond acceptors (Lipinski definition) is 2. The van der Waals surface area contributed by atoms with Crippen LogP contribution in [0.25, 0.3) is 0 Å². The molecule has 0 atom stereocenters. The molecule has 0 saturated heterocycles. The van der Waals surface area contributed by atoms with Crippen LogP contribution in [0.15, 0.2) is 48.5 Å². The molecule has 23 heavy (non-hydrogen) atoms. The van der Waals surface area contributed by atoms with Crippen molar-refractivity contribution < 1.29 is 9.53 Å². The molecule has 0 spiro atoms. The van der Waals surface area contributed by atoms with E-state index in [4.69, 9.17) is 16.3 Å². The summed E-state index contributed by atoms with van der Waals surface area (Å²) in [5.41, 5.74) is 1.73. The minimum Gasteiger partial charge on any atom is -0.481 e. The molecule has 0 fully saturated rings. The summed E-state index contributed by atoms with van der Waals surface area (Å²) in [6.07, 6.45) is 0. The van der Waals surface area contributed by atoms with Gasteiger partial charge in [-0.15, -0.1) is 0 Å². The van der Waals surface area contributed by atoms with E-state index in [9.17, 15) is 4.79 Å². The molecule has 2 rings (SSSR count). The van der Waals surface area contributed by atoms with Crippen molar-refractivity contribution in [3.05, 3.63) is 59.1 Å². The number of aryl methyl sites for hydroxylation is 1. The van der Waals surface area contributed by atoms with Gasteiger partial charge in [-0.2, -0.15) is 0 Å². The topological polar surface area (TPSA) is 50.4 Å². The number of benzene rings is 2. The van der Waals surface area contributed by atoms with Gasteiger partial charge in [-0.25, -0.2) is 4.79 Å². The van der Waals surface area contributed by atoms with Gasteiger partial charge in [0.1, 0.15) is 12.4 Å². The number of hydrogen-bond donors (Lipinski definition) is 2. The molecule has 5 heteroatoms. The highest BCUT2D eigenvalue weighted by atomic mass is 35.5. The van der Waals surface area contributed by atoms with Crippen LogP contribution in [-0.2, 0) is 0 Å². The lowest BCUT2D eigenvalue weighted by Gasteiger charge is -2.05. The van der Waals surface area contributed by atoms with Crippen LogP contribution in [-0.4, -0.2) is 19.2 Å². The number of carbonyl (C=O) groups is 1. The number of amides is 2. The van der Waals surface area contributed by atoms with Gasteiger partial charge in [0.25, 0.3) is 0 Å². The molecule has 2 amide bonds. The Morgan fingerprint density at radius 1 is 1.13 bits per heavy atom. The van der Waals surface area contributed by atoms with Gasteiger partial charge >= 0.3 is 6.03 Å². The normalized spacial score (nSPS) is 9.48. The van der Waals surface area contributed by atoms with Crippen molar-refractivity contribution in [1.29, 1.82) is 0 Å². The summed E-state index contributed by atoms with van der Waals surface area (Å²) in [6.45, 7) is 2.51. The Morgan fingerprint density at radius 3 is 2.61 bits per heavy atom. The fraction of sp³-hybridized carbons (Fsp3) is 0.167. The standard InChI is InChI=1S/C18H17ClN2O2/c1-14-6-2-3-7-17(14)23-13-5-4-12-20-18(22)21-16-10-8-15(19)9-11-16/h2-3,6-11H,12-13H2,1H3,(H2,20,21,22). The van der Waals surface area contributed by atoms with E-state index in [0.717, 1.165) is 11.3 Å². The molecule has 0 aliphatic heterocycles. The van der Waals surface area contributed by atoms with Gasteiger partial charge in [0.05, 0.1) is 6.54 Å². The van der Waals surface area contributed by atoms with Crippen LogP contribution in [0.2, 0.25) is 5.02 Å². The Morgan fingerprint density at radius 2 is 1.87 bits per heavy atom. The summed E-state index contributed by atoms with van der Waals surface area (Å²) < 4.78 is 5.54. The molecule has 0 aliphatic rings. The second-order valence-electron chi connectivity index (χ2n) is 4.72. The van der Waals surface area contributed by atoms with Gasteiger partial charge in [0.15, 0.2) is 0 Å². The largest absolute Gasteiger partial charge is 0.481 e. The molecule has 0 heterocycles. The second kappa shape index (κ2) is 8.72. The Hall–Kier alpha value is -2.64. The maximum Gasteiger partial charge on any atom is 0.319 e. The third kappa shape index (κ3) is 5.93. The molecular weight excluding hydrogens is 312 g/mol. The van der Waals surface area contributed by atoms with Crippen molar-refractivity contribution in [2.75, 3.05) is 18.5 Å². The second-order valence-corrected chi connectivity index (χ2v) is 5.16. The van der Waals surface area contributed by atoms with E-state index in [0.29, 0.717) is 10.7 Å². The third-order valence-corrected chi connectivity index (χ3v) is 3.21. The van der Waals surface area contributed by atoms with Crippen molar-refractivity contribution >= 4 is 23.3 Å². The summed E-state index contributed by atoms with van der Waals surface area (Å²) in [5, 5.41) is 5.95. The highest BCUT2D eigenvalue weighted by molar-refractivity contribution is 6.30. The first kappa shape index (κ1) is 16.7. The molecule has 4 nitrogen and oxygen atoms in total. The highest BCUT2D eigenvalue weighted by Gasteiger charge is 1.99. The Kier molecular flexibility index (Phi) is 6.34. The molecule has 0 radical (unpaired) electrons. The summed E-state index contributed by atoms with van der Waals surface area (Å²) in [4.78, 5) is 11.6. The number of nitrogens with one attached hydrogen (secondary N) is 2. The van der Waals surface area contributed by atoms with Gasteiger partial charge in [-0.05, 0) is 42.8 Å². The van der Waals surface area contributed by atoms with Crippen molar-refractivity contribution in [1.82, 2.24) is 5.32 Å². The van der Waals surface area contributed by atoms with Crippen LogP contribution in [0.1, 0.15) is 5.56 Å². The van der Waals surface area contributed by atoms with E-state index in [1.165, 1.54) is 0 Å². The van der Waals surface area contributed by atoms with Gasteiger partial charge < -0.3 is 15.4 Å². The number of urea groups is 1. The van der Waals surface area contributed by atoms with Crippen molar-refractivity contribution in [3.63, 3.8) is 0 Å². The molecule has 2 N–H and O–H groups in total. The van der Waals surface area contributed by atoms with Gasteiger partial charge in [0.2, 0.25) is 0 Å². The fourth-order valence-electron chi connectivity index (χ4n) is 1.78. The van der Waals surface area contributed by atoms with Crippen LogP contribution in [0.3, 0.4) is 0 Å². The number of halogens is 1. The number of para-hydroxylation sites is 1. The van der Waals surface area contributed by atoms with Crippen LogP contribution >= 0.6 is 11.6 Å². The van der Waals surface area contributed by atoms with Gasteiger partial charge in [-0.3, -0.25) is 0 Å². The van der Waals surface area contributed by atoms with Crippen LogP contribution in [0.5, 0.6) is 5.75 Å². The zero-order valence-corrected chi connectivity index (χ0v) is 13.5. The Balaban J connectivity index is 1.68. The molecule has 0 aliphatic carbocycles. The Labute approximate surface area is 140 Å². The average Bonchev–Trinajstić information content (AvgIpc) is 2.54. The molecule has 0 saturated carbocycles. The maximum absolute atomic E-state index is 11.6. The van der Waals surface area contributed by atoms with Crippen molar-refractivity contribution in [2.24, 2.45) is 0 Å². The van der Waals surface area contributed by atoms with Crippen LogP contribution in [0.4, 0.5) is 10.5 Å². The lowest BCUT2D eigenvalue weighted by Crippen LogP contribution is -2.28. The van der Waals surface area contributed by atoms with Crippen molar-refractivity contribution in [3.8, 4) is 17.6 Å². The van der Waals surface area contributed by atoms with E-state index >= 15 is 0 Å². The van der Waals surface area contributed by atoms with E-state index in [2.05, 4.69) is 22.5 Å². The predicted octanol–water partition coefficient (Wildman–Crippen LogP) is 3.85. The van der Waals surface area contributed by atoms with Crippen LogP contribution < -0.4 is 15.4 Å². The van der Waals surface area contributed by atoms with E-state index in [1.54, 1.807) is 24.3 Å². The summed E-state index contributed by atoms with van der Waals surface area (Å²) in [5.74, 6) is 6.50. The van der Waals surface area contributed by atoms with E-state index < -0.39 is 0 Å². The third-order valence-electron chi connectivity index (χ3n) is 2.96. The number of rotatable bonds is 4. The smallest absolute Gasteiger partial charge is 0.319 e. The SMILES string of the molecule is Cc1ccccc1OCC#CCNC(=O)Nc1ccc(Cl)cc1. The molecule has 0 aromatic heterocycles. The predicted molar refractivity (Wildman–Crippen MR) is 92.9 cm³/mol. The maximum atomic E-state index is 11.6. The minimum atomic E-state index is -0.318. The van der Waals surface area contributed by atoms with Crippen LogP contribution in [0, 0.1) is 18.8 Å². The lowest BCUT2D eigenvalue weighted by molar-refractivity contribution is 0.253. The van der Waals surface area contributed by atoms with E-state index in [1.807, 2.05) is 31.2 Å². The zero-order valence-electron chi connectivity index (χ0n) is 12.7.